The molecule has 0 radical (unpaired) electrons. The van der Waals surface area contributed by atoms with Gasteiger partial charge in [-0.1, -0.05) is 23.7 Å². The number of rotatable bonds is 4. The molecular weight excluding hydrogens is 418 g/mol. The normalized spacial score (nSPS) is 17.7. The number of nitrogens with zero attached hydrogens (tertiary/aromatic N) is 2. The molecule has 5 nitrogen and oxygen atoms in total. The van der Waals surface area contributed by atoms with Crippen LogP contribution in [-0.2, 0) is 11.2 Å². The molecule has 1 atom stereocenters. The molecule has 7 heteroatoms. The fourth-order valence-electron chi connectivity index (χ4n) is 3.92. The zero-order valence-electron chi connectivity index (χ0n) is 16.4. The Bertz CT molecular complexity index is 1150. The van der Waals surface area contributed by atoms with Gasteiger partial charge in [-0.3, -0.25) is 14.9 Å². The molecule has 2 aromatic carbocycles. The number of carbonyl (C=O) groups excluding carboxylic acids is 2. The molecule has 1 aliphatic heterocycles. The summed E-state index contributed by atoms with van der Waals surface area (Å²) in [6, 6.07) is 13.1. The standard InChI is InChI=1S/C23H20ClN3O2S/c1-13-9-17-10-15(7-8-20(17)27(13)22(29)14-5-6-14)19-12-30-23(25-19)26-21(28)16-3-2-4-18(24)11-16/h2-4,7-8,10-14H,5-6,9H2,1H3,(H,25,26,28)/t13-/m1/s1. The van der Waals surface area contributed by atoms with Crippen LogP contribution in [0.25, 0.3) is 11.3 Å². The Morgan fingerprint density at radius 2 is 2.03 bits per heavy atom. The Morgan fingerprint density at radius 1 is 1.20 bits per heavy atom. The van der Waals surface area contributed by atoms with Crippen LogP contribution in [0.1, 0.15) is 35.7 Å². The van der Waals surface area contributed by atoms with Crippen molar-refractivity contribution < 1.29 is 9.59 Å². The highest BCUT2D eigenvalue weighted by Crippen LogP contribution is 2.40. The first-order valence-corrected chi connectivity index (χ1v) is 11.2. The molecule has 30 heavy (non-hydrogen) atoms. The highest BCUT2D eigenvalue weighted by Gasteiger charge is 2.39. The van der Waals surface area contributed by atoms with Crippen LogP contribution in [0.2, 0.25) is 5.02 Å². The summed E-state index contributed by atoms with van der Waals surface area (Å²) >= 11 is 7.35. The zero-order chi connectivity index (χ0) is 20.8. The van der Waals surface area contributed by atoms with E-state index in [0.29, 0.717) is 15.7 Å². The number of carbonyl (C=O) groups is 2. The molecule has 0 bridgehead atoms. The van der Waals surface area contributed by atoms with Crippen LogP contribution in [0, 0.1) is 5.92 Å². The first kappa shape index (κ1) is 19.3. The fourth-order valence-corrected chi connectivity index (χ4v) is 4.82. The van der Waals surface area contributed by atoms with E-state index in [1.807, 2.05) is 22.4 Å². The lowest BCUT2D eigenvalue weighted by Gasteiger charge is -2.22. The van der Waals surface area contributed by atoms with E-state index in [2.05, 4.69) is 23.3 Å². The number of benzene rings is 2. The van der Waals surface area contributed by atoms with E-state index < -0.39 is 0 Å². The minimum absolute atomic E-state index is 0.186. The monoisotopic (exact) mass is 437 g/mol. The molecule has 2 aliphatic rings. The van der Waals surface area contributed by atoms with Crippen molar-refractivity contribution in [2.75, 3.05) is 10.2 Å². The van der Waals surface area contributed by atoms with E-state index >= 15 is 0 Å². The summed E-state index contributed by atoms with van der Waals surface area (Å²) in [6.07, 6.45) is 2.88. The lowest BCUT2D eigenvalue weighted by Crippen LogP contribution is -2.36. The van der Waals surface area contributed by atoms with Crippen LogP contribution in [0.3, 0.4) is 0 Å². The first-order valence-electron chi connectivity index (χ1n) is 9.98. The molecule has 2 amide bonds. The maximum absolute atomic E-state index is 12.6. The second kappa shape index (κ2) is 7.52. The molecule has 5 rings (SSSR count). The van der Waals surface area contributed by atoms with Crippen LogP contribution < -0.4 is 10.2 Å². The molecule has 1 aliphatic carbocycles. The van der Waals surface area contributed by atoms with Gasteiger partial charge in [0.05, 0.1) is 5.69 Å². The van der Waals surface area contributed by atoms with Crippen molar-refractivity contribution in [3.8, 4) is 11.3 Å². The van der Waals surface area contributed by atoms with E-state index in [0.717, 1.165) is 36.2 Å². The maximum atomic E-state index is 12.6. The van der Waals surface area contributed by atoms with Crippen LogP contribution >= 0.6 is 22.9 Å². The van der Waals surface area contributed by atoms with Crippen molar-refractivity contribution in [3.63, 3.8) is 0 Å². The lowest BCUT2D eigenvalue weighted by molar-refractivity contribution is -0.120. The number of nitrogens with one attached hydrogen (secondary N) is 1. The summed E-state index contributed by atoms with van der Waals surface area (Å²) in [4.78, 5) is 31.6. The van der Waals surface area contributed by atoms with Gasteiger partial charge in [-0.15, -0.1) is 11.3 Å². The number of thiazole rings is 1. The summed E-state index contributed by atoms with van der Waals surface area (Å²) in [6.45, 7) is 2.10. The van der Waals surface area contributed by atoms with E-state index in [1.165, 1.54) is 16.9 Å². The predicted molar refractivity (Wildman–Crippen MR) is 120 cm³/mol. The average Bonchev–Trinajstić information content (AvgIpc) is 3.39. The van der Waals surface area contributed by atoms with Crippen molar-refractivity contribution >= 4 is 45.6 Å². The minimum atomic E-state index is -0.240. The van der Waals surface area contributed by atoms with Gasteiger partial charge in [-0.25, -0.2) is 4.98 Å². The van der Waals surface area contributed by atoms with Crippen LogP contribution in [0.4, 0.5) is 10.8 Å². The van der Waals surface area contributed by atoms with Gasteiger partial charge >= 0.3 is 0 Å². The Kier molecular flexibility index (Phi) is 4.83. The summed E-state index contributed by atoms with van der Waals surface area (Å²) < 4.78 is 0. The third-order valence-corrected chi connectivity index (χ3v) is 6.56. The number of halogens is 1. The Morgan fingerprint density at radius 3 is 2.80 bits per heavy atom. The van der Waals surface area contributed by atoms with Crippen molar-refractivity contribution in [2.45, 2.75) is 32.2 Å². The molecule has 3 aromatic rings. The SMILES string of the molecule is C[C@@H]1Cc2cc(-c3csc(NC(=O)c4cccc(Cl)c4)n3)ccc2N1C(=O)C1CC1. The van der Waals surface area contributed by atoms with Gasteiger partial charge in [-0.2, -0.15) is 0 Å². The number of aromatic nitrogens is 1. The number of hydrogen-bond acceptors (Lipinski definition) is 4. The minimum Gasteiger partial charge on any atom is -0.309 e. The first-order chi connectivity index (χ1) is 14.5. The van der Waals surface area contributed by atoms with Crippen molar-refractivity contribution in [1.29, 1.82) is 0 Å². The molecule has 152 valence electrons. The fraction of sp³-hybridized carbons (Fsp3) is 0.261. The quantitative estimate of drug-likeness (QED) is 0.594. The highest BCUT2D eigenvalue weighted by atomic mass is 35.5. The summed E-state index contributed by atoms with van der Waals surface area (Å²) in [5.74, 6) is 0.228. The van der Waals surface area contributed by atoms with Gasteiger partial charge in [-0.05, 0) is 62.1 Å². The van der Waals surface area contributed by atoms with Gasteiger partial charge in [0.15, 0.2) is 5.13 Å². The third-order valence-electron chi connectivity index (χ3n) is 5.57. The Balaban J connectivity index is 1.35. The summed E-state index contributed by atoms with van der Waals surface area (Å²) in [5, 5.41) is 5.82. The summed E-state index contributed by atoms with van der Waals surface area (Å²) in [7, 11) is 0. The molecule has 1 saturated carbocycles. The second-order valence-corrected chi connectivity index (χ2v) is 9.18. The summed E-state index contributed by atoms with van der Waals surface area (Å²) in [5.41, 5.74) is 4.48. The van der Waals surface area contributed by atoms with E-state index in [-0.39, 0.29) is 23.8 Å². The van der Waals surface area contributed by atoms with Crippen LogP contribution in [-0.4, -0.2) is 22.8 Å². The van der Waals surface area contributed by atoms with Crippen LogP contribution in [0.5, 0.6) is 0 Å². The molecule has 0 spiro atoms. The molecule has 0 unspecified atom stereocenters. The largest absolute Gasteiger partial charge is 0.309 e. The highest BCUT2D eigenvalue weighted by molar-refractivity contribution is 7.14. The van der Waals surface area contributed by atoms with E-state index in [4.69, 9.17) is 11.6 Å². The van der Waals surface area contributed by atoms with Gasteiger partial charge < -0.3 is 4.90 Å². The average molecular weight is 438 g/mol. The molecule has 2 heterocycles. The van der Waals surface area contributed by atoms with Gasteiger partial charge in [0.2, 0.25) is 5.91 Å². The third kappa shape index (κ3) is 3.61. The number of fused-ring (bicyclic) bond motifs is 1. The smallest absolute Gasteiger partial charge is 0.257 e. The van der Waals surface area contributed by atoms with Crippen molar-refractivity contribution in [2.24, 2.45) is 5.92 Å². The number of hydrogen-bond donors (Lipinski definition) is 1. The molecule has 1 fully saturated rings. The second-order valence-electron chi connectivity index (χ2n) is 7.88. The lowest BCUT2D eigenvalue weighted by atomic mass is 10.1. The molecular formula is C23H20ClN3O2S. The van der Waals surface area contributed by atoms with E-state index in [9.17, 15) is 9.59 Å². The molecule has 1 N–H and O–H groups in total. The van der Waals surface area contributed by atoms with Crippen molar-refractivity contribution in [3.05, 3.63) is 64.0 Å². The molecule has 1 aromatic heterocycles. The topological polar surface area (TPSA) is 62.3 Å². The maximum Gasteiger partial charge on any atom is 0.257 e. The zero-order valence-corrected chi connectivity index (χ0v) is 18.0. The van der Waals surface area contributed by atoms with E-state index in [1.54, 1.807) is 24.3 Å². The van der Waals surface area contributed by atoms with Gasteiger partial charge in [0.25, 0.3) is 5.91 Å². The Hall–Kier alpha value is -2.70. The van der Waals surface area contributed by atoms with Crippen molar-refractivity contribution in [1.82, 2.24) is 4.98 Å². The number of amides is 2. The van der Waals surface area contributed by atoms with Gasteiger partial charge in [0.1, 0.15) is 0 Å². The van der Waals surface area contributed by atoms with Gasteiger partial charge in [0, 0.05) is 39.2 Å². The predicted octanol–water partition coefficient (Wildman–Crippen LogP) is 5.40. The number of anilines is 2. The molecule has 0 saturated heterocycles. The Labute approximate surface area is 183 Å². The van der Waals surface area contributed by atoms with Crippen LogP contribution in [0.15, 0.2) is 47.8 Å².